The fourth-order valence-electron chi connectivity index (χ4n) is 4.65. The largest absolute Gasteiger partial charge is 0.463 e. The first-order valence-corrected chi connectivity index (χ1v) is 13.7. The van der Waals surface area contributed by atoms with Gasteiger partial charge in [0.15, 0.2) is 36.8 Å². The van der Waals surface area contributed by atoms with E-state index in [-0.39, 0.29) is 0 Å². The molecular weight excluding hydrogens is 626 g/mol. The maximum Gasteiger partial charge on any atom is 0.303 e. The lowest BCUT2D eigenvalue weighted by atomic mass is 9.95. The number of esters is 7. The first kappa shape index (κ1) is 37.7. The van der Waals surface area contributed by atoms with E-state index in [0.717, 1.165) is 48.5 Å². The summed E-state index contributed by atoms with van der Waals surface area (Å²) in [5.41, 5.74) is 0. The Bertz CT molecular complexity index is 1210. The van der Waals surface area contributed by atoms with Crippen molar-refractivity contribution in [3.8, 4) is 0 Å². The molecule has 2 aliphatic heterocycles. The molecule has 2 fully saturated rings. The molecule has 0 saturated carbocycles. The molecule has 2 saturated heterocycles. The van der Waals surface area contributed by atoms with E-state index in [4.69, 9.17) is 47.4 Å². The van der Waals surface area contributed by atoms with Crippen LogP contribution in [0.3, 0.4) is 0 Å². The van der Waals surface area contributed by atoms with Gasteiger partial charge in [0.1, 0.15) is 31.5 Å². The molecular formula is C27H35NO18. The fraction of sp³-hybridized carbons (Fsp3) is 0.704. The molecule has 19 nitrogen and oxygen atoms in total. The van der Waals surface area contributed by atoms with Gasteiger partial charge >= 0.3 is 41.8 Å². The minimum Gasteiger partial charge on any atom is -0.463 e. The lowest BCUT2D eigenvalue weighted by Gasteiger charge is -2.48. The molecule has 0 aromatic rings. The lowest BCUT2D eigenvalue weighted by Crippen LogP contribution is -2.67. The van der Waals surface area contributed by atoms with Crippen molar-refractivity contribution < 1.29 is 85.7 Å². The minimum atomic E-state index is -1.82. The van der Waals surface area contributed by atoms with Gasteiger partial charge in [-0.25, -0.2) is 4.79 Å². The molecule has 256 valence electrons. The second-order valence-corrected chi connectivity index (χ2v) is 9.90. The number of carbonyl (C=O) groups is 7. The Morgan fingerprint density at radius 3 is 1.35 bits per heavy atom. The number of hydrogen-bond acceptors (Lipinski definition) is 19. The number of aliphatic imine (C=N–C) groups is 1. The van der Waals surface area contributed by atoms with Crippen molar-refractivity contribution in [1.82, 2.24) is 0 Å². The van der Waals surface area contributed by atoms with Crippen LogP contribution in [0.1, 0.15) is 48.5 Å². The minimum absolute atomic E-state index is 0.588. The van der Waals surface area contributed by atoms with Gasteiger partial charge in [0.2, 0.25) is 12.3 Å². The number of rotatable bonds is 12. The number of hydrogen-bond donors (Lipinski definition) is 0. The third kappa shape index (κ3) is 11.2. The Balaban J connectivity index is 2.73. The van der Waals surface area contributed by atoms with Crippen LogP contribution in [0, 0.1) is 0 Å². The molecule has 0 bridgehead atoms. The second-order valence-electron chi connectivity index (χ2n) is 9.90. The number of nitrogens with zero attached hydrogens (tertiary/aromatic N) is 1. The molecule has 2 rings (SSSR count). The van der Waals surface area contributed by atoms with Crippen molar-refractivity contribution in [3.63, 3.8) is 0 Å². The van der Waals surface area contributed by atoms with Gasteiger partial charge in [-0.2, -0.15) is 4.99 Å². The van der Waals surface area contributed by atoms with E-state index in [1.165, 1.54) is 6.08 Å². The normalized spacial score (nSPS) is 30.3. The lowest BCUT2D eigenvalue weighted by molar-refractivity contribution is -0.344. The van der Waals surface area contributed by atoms with Crippen LogP contribution in [0.5, 0.6) is 0 Å². The molecule has 0 aromatic heterocycles. The maximum atomic E-state index is 12.2. The highest BCUT2D eigenvalue weighted by atomic mass is 16.8. The number of ether oxygens (including phenoxy) is 10. The van der Waals surface area contributed by atoms with Crippen molar-refractivity contribution >= 4 is 47.9 Å². The zero-order chi connectivity index (χ0) is 34.7. The van der Waals surface area contributed by atoms with E-state index in [9.17, 15) is 38.4 Å². The van der Waals surface area contributed by atoms with Crippen LogP contribution in [-0.4, -0.2) is 122 Å². The van der Waals surface area contributed by atoms with Crippen LogP contribution in [0.25, 0.3) is 0 Å². The van der Waals surface area contributed by atoms with Gasteiger partial charge < -0.3 is 47.4 Å². The molecule has 0 unspecified atom stereocenters. The van der Waals surface area contributed by atoms with Gasteiger partial charge in [0.05, 0.1) is 0 Å². The van der Waals surface area contributed by atoms with Gasteiger partial charge in [0.25, 0.3) is 0 Å². The van der Waals surface area contributed by atoms with Crippen molar-refractivity contribution in [3.05, 3.63) is 0 Å². The molecule has 0 amide bonds. The van der Waals surface area contributed by atoms with Crippen molar-refractivity contribution in [1.29, 1.82) is 0 Å². The summed E-state index contributed by atoms with van der Waals surface area (Å²) in [5, 5.41) is 0. The molecule has 0 radical (unpaired) electrons. The van der Waals surface area contributed by atoms with E-state index < -0.39 is 116 Å². The summed E-state index contributed by atoms with van der Waals surface area (Å²) >= 11 is 0. The molecule has 2 heterocycles. The summed E-state index contributed by atoms with van der Waals surface area (Å²) in [6, 6.07) is 0. The van der Waals surface area contributed by atoms with Crippen LogP contribution in [0.15, 0.2) is 4.99 Å². The average molecular weight is 662 g/mol. The monoisotopic (exact) mass is 661 g/mol. The predicted molar refractivity (Wildman–Crippen MR) is 141 cm³/mol. The zero-order valence-corrected chi connectivity index (χ0v) is 26.0. The van der Waals surface area contributed by atoms with Gasteiger partial charge in [-0.15, -0.1) is 0 Å². The van der Waals surface area contributed by atoms with Crippen LogP contribution in [-0.2, 0) is 85.7 Å². The van der Waals surface area contributed by atoms with E-state index in [2.05, 4.69) is 4.99 Å². The molecule has 0 N–H and O–H groups in total. The first-order valence-electron chi connectivity index (χ1n) is 13.7. The molecule has 10 atom stereocenters. The van der Waals surface area contributed by atoms with Crippen molar-refractivity contribution in [2.24, 2.45) is 4.99 Å². The summed E-state index contributed by atoms with van der Waals surface area (Å²) in [5.74, 6) is -6.12. The highest BCUT2D eigenvalue weighted by Gasteiger charge is 2.57. The molecule has 19 heteroatoms. The first-order chi connectivity index (χ1) is 21.5. The molecule has 46 heavy (non-hydrogen) atoms. The van der Waals surface area contributed by atoms with Crippen molar-refractivity contribution in [2.45, 2.75) is 110 Å². The standard InChI is InChI=1S/C27H35NO18/c1-11(30)37-8-18-21(22(40-14(4)33)24(42-16(6)35)26(44-18)28-10-29)46-27-25(43-17(7)36)23(41-15(5)34)20(39-13(3)32)19(45-27)9-38-12(2)31/h18-27H,8-9H2,1-7H3/t18-,19-,20+,21-,22+,23+,24-,25-,26-,27+/m1/s1. The summed E-state index contributed by atoms with van der Waals surface area (Å²) in [6.45, 7) is 6.02. The molecule has 2 aliphatic rings. The highest BCUT2D eigenvalue weighted by molar-refractivity contribution is 5.69. The average Bonchev–Trinajstić information content (AvgIpc) is 2.91. The summed E-state index contributed by atoms with van der Waals surface area (Å²) in [7, 11) is 0. The smallest absolute Gasteiger partial charge is 0.303 e. The van der Waals surface area contributed by atoms with Gasteiger partial charge in [-0.05, 0) is 0 Å². The van der Waals surface area contributed by atoms with E-state index >= 15 is 0 Å². The van der Waals surface area contributed by atoms with Crippen molar-refractivity contribution in [2.75, 3.05) is 13.2 Å². The van der Waals surface area contributed by atoms with Gasteiger partial charge in [-0.1, -0.05) is 0 Å². The fourth-order valence-corrected chi connectivity index (χ4v) is 4.65. The number of isocyanates is 1. The quantitative estimate of drug-likeness (QED) is 0.105. The molecule has 0 spiro atoms. The van der Waals surface area contributed by atoms with E-state index in [1.54, 1.807) is 0 Å². The van der Waals surface area contributed by atoms with Crippen LogP contribution in [0.4, 0.5) is 0 Å². The Hall–Kier alpha value is -4.45. The SMILES string of the molecule is CC(=O)OC[C@H]1O[C@@H](O[C@H]2[C@H](OC(C)=O)[C@@H](OC(C)=O)[C@H](N=C=O)O[C@@H]2COC(C)=O)[C@H](OC(C)=O)[C@@H](OC(C)=O)[C@H]1OC(C)=O. The topological polar surface area (TPSA) is 241 Å². The third-order valence-electron chi connectivity index (χ3n) is 6.08. The summed E-state index contributed by atoms with van der Waals surface area (Å²) < 4.78 is 54.8. The summed E-state index contributed by atoms with van der Waals surface area (Å²) in [4.78, 5) is 98.7. The zero-order valence-electron chi connectivity index (χ0n) is 26.0. The van der Waals surface area contributed by atoms with Gasteiger partial charge in [0, 0.05) is 48.5 Å². The number of carbonyl (C=O) groups excluding carboxylic acids is 8. The Morgan fingerprint density at radius 2 is 0.913 bits per heavy atom. The van der Waals surface area contributed by atoms with E-state index in [1.807, 2.05) is 0 Å². The Kier molecular flexibility index (Phi) is 14.2. The molecule has 0 aliphatic carbocycles. The highest BCUT2D eigenvalue weighted by Crippen LogP contribution is 2.35. The Labute approximate surface area is 262 Å². The van der Waals surface area contributed by atoms with Crippen LogP contribution >= 0.6 is 0 Å². The van der Waals surface area contributed by atoms with E-state index in [0.29, 0.717) is 0 Å². The molecule has 0 aromatic carbocycles. The maximum absolute atomic E-state index is 12.2. The van der Waals surface area contributed by atoms with Crippen LogP contribution < -0.4 is 0 Å². The Morgan fingerprint density at radius 1 is 0.522 bits per heavy atom. The summed E-state index contributed by atoms with van der Waals surface area (Å²) in [6.07, 6.45) is -14.9. The third-order valence-corrected chi connectivity index (χ3v) is 6.08. The second kappa shape index (κ2) is 17.3. The van der Waals surface area contributed by atoms with Crippen LogP contribution in [0.2, 0.25) is 0 Å². The van der Waals surface area contributed by atoms with Gasteiger partial charge in [-0.3, -0.25) is 33.6 Å². The predicted octanol–water partition coefficient (Wildman–Crippen LogP) is -1.06.